The first kappa shape index (κ1) is 13.5. The molecule has 1 saturated carbocycles. The van der Waals surface area contributed by atoms with E-state index in [1.807, 2.05) is 6.07 Å². The summed E-state index contributed by atoms with van der Waals surface area (Å²) in [5, 5.41) is 0.628. The fraction of sp³-hybridized carbons (Fsp3) is 0.571. The van der Waals surface area contributed by atoms with E-state index < -0.39 is 0 Å². The maximum atomic E-state index is 6.09. The summed E-state index contributed by atoms with van der Waals surface area (Å²) in [6.45, 7) is 0.402. The van der Waals surface area contributed by atoms with E-state index in [2.05, 4.69) is 0 Å². The van der Waals surface area contributed by atoms with E-state index in [9.17, 15) is 0 Å². The molecule has 0 bridgehead atoms. The van der Waals surface area contributed by atoms with Crippen molar-refractivity contribution in [2.24, 2.45) is 5.73 Å². The minimum Gasteiger partial charge on any atom is -0.493 e. The molecule has 1 aliphatic rings. The van der Waals surface area contributed by atoms with Crippen molar-refractivity contribution in [2.75, 3.05) is 7.11 Å². The van der Waals surface area contributed by atoms with Crippen molar-refractivity contribution < 1.29 is 9.47 Å². The topological polar surface area (TPSA) is 44.5 Å². The highest BCUT2D eigenvalue weighted by molar-refractivity contribution is 6.30. The molecule has 0 heterocycles. The van der Waals surface area contributed by atoms with Gasteiger partial charge in [-0.3, -0.25) is 0 Å². The summed E-state index contributed by atoms with van der Waals surface area (Å²) in [6.07, 6.45) is 6.27. The lowest BCUT2D eigenvalue weighted by Gasteiger charge is -2.25. The monoisotopic (exact) mass is 269 g/mol. The number of hydrogen-bond acceptors (Lipinski definition) is 3. The van der Waals surface area contributed by atoms with Gasteiger partial charge >= 0.3 is 0 Å². The lowest BCUT2D eigenvalue weighted by molar-refractivity contribution is 0.148. The normalized spacial score (nSPS) is 16.6. The second-order valence-corrected chi connectivity index (χ2v) is 5.11. The predicted molar refractivity (Wildman–Crippen MR) is 73.4 cm³/mol. The number of nitrogens with two attached hydrogens (primary N) is 1. The second kappa shape index (κ2) is 6.30. The van der Waals surface area contributed by atoms with Crippen LogP contribution in [0.15, 0.2) is 12.1 Å². The molecule has 1 fully saturated rings. The molecule has 0 aliphatic heterocycles. The third-order valence-corrected chi connectivity index (χ3v) is 3.59. The molecular weight excluding hydrogens is 250 g/mol. The molecule has 0 radical (unpaired) electrons. The fourth-order valence-corrected chi connectivity index (χ4v) is 2.64. The van der Waals surface area contributed by atoms with Crippen molar-refractivity contribution in [3.63, 3.8) is 0 Å². The first-order valence-electron chi connectivity index (χ1n) is 6.47. The summed E-state index contributed by atoms with van der Waals surface area (Å²) in [6, 6.07) is 3.63. The molecule has 18 heavy (non-hydrogen) atoms. The molecule has 0 atom stereocenters. The van der Waals surface area contributed by atoms with Gasteiger partial charge in [-0.2, -0.15) is 0 Å². The number of ether oxygens (including phenoxy) is 2. The van der Waals surface area contributed by atoms with Crippen LogP contribution in [-0.2, 0) is 6.54 Å². The third-order valence-electron chi connectivity index (χ3n) is 3.37. The van der Waals surface area contributed by atoms with Gasteiger partial charge in [-0.15, -0.1) is 0 Å². The molecule has 0 amide bonds. The van der Waals surface area contributed by atoms with E-state index >= 15 is 0 Å². The van der Waals surface area contributed by atoms with E-state index in [0.29, 0.717) is 17.3 Å². The number of halogens is 1. The molecule has 4 heteroatoms. The summed E-state index contributed by atoms with van der Waals surface area (Å²) in [7, 11) is 1.62. The van der Waals surface area contributed by atoms with Crippen molar-refractivity contribution in [3.05, 3.63) is 22.7 Å². The summed E-state index contributed by atoms with van der Waals surface area (Å²) in [5.74, 6) is 1.44. The highest BCUT2D eigenvalue weighted by Gasteiger charge is 2.19. The highest BCUT2D eigenvalue weighted by atomic mass is 35.5. The first-order chi connectivity index (χ1) is 8.74. The van der Waals surface area contributed by atoms with Gasteiger partial charge in [-0.1, -0.05) is 18.0 Å². The maximum Gasteiger partial charge on any atom is 0.166 e. The molecule has 2 N–H and O–H groups in total. The van der Waals surface area contributed by atoms with Crippen LogP contribution < -0.4 is 15.2 Å². The zero-order valence-electron chi connectivity index (χ0n) is 10.7. The minimum absolute atomic E-state index is 0.277. The van der Waals surface area contributed by atoms with Crippen LogP contribution in [0, 0.1) is 0 Å². The average Bonchev–Trinajstić information content (AvgIpc) is 2.41. The van der Waals surface area contributed by atoms with Crippen molar-refractivity contribution in [1.82, 2.24) is 0 Å². The van der Waals surface area contributed by atoms with E-state index in [1.165, 1.54) is 19.3 Å². The van der Waals surface area contributed by atoms with Crippen molar-refractivity contribution in [3.8, 4) is 11.5 Å². The number of methoxy groups -OCH3 is 1. The summed E-state index contributed by atoms with van der Waals surface area (Å²) in [4.78, 5) is 0. The van der Waals surface area contributed by atoms with Gasteiger partial charge in [0.1, 0.15) is 0 Å². The van der Waals surface area contributed by atoms with Gasteiger partial charge in [0, 0.05) is 23.2 Å². The van der Waals surface area contributed by atoms with Gasteiger partial charge in [-0.05, 0) is 31.7 Å². The standard InChI is InChI=1S/C14H20ClNO2/c1-17-13-8-11(15)7-10(9-16)14(13)18-12-5-3-2-4-6-12/h7-8,12H,2-6,9,16H2,1H3. The Kier molecular flexibility index (Phi) is 4.72. The van der Waals surface area contributed by atoms with E-state index in [4.69, 9.17) is 26.8 Å². The maximum absolute atomic E-state index is 6.09. The molecular formula is C14H20ClNO2. The minimum atomic E-state index is 0.277. The van der Waals surface area contributed by atoms with E-state index in [-0.39, 0.29) is 6.10 Å². The predicted octanol–water partition coefficient (Wildman–Crippen LogP) is 3.52. The van der Waals surface area contributed by atoms with E-state index in [0.717, 1.165) is 24.2 Å². The molecule has 1 aromatic carbocycles. The summed E-state index contributed by atoms with van der Waals surface area (Å²) >= 11 is 6.03. The summed E-state index contributed by atoms with van der Waals surface area (Å²) < 4.78 is 11.4. The lowest BCUT2D eigenvalue weighted by Crippen LogP contribution is -2.21. The highest BCUT2D eigenvalue weighted by Crippen LogP contribution is 2.36. The van der Waals surface area contributed by atoms with Gasteiger partial charge in [0.15, 0.2) is 11.5 Å². The van der Waals surface area contributed by atoms with Crippen LogP contribution in [-0.4, -0.2) is 13.2 Å². The van der Waals surface area contributed by atoms with Gasteiger partial charge < -0.3 is 15.2 Å². The fourth-order valence-electron chi connectivity index (χ4n) is 2.41. The molecule has 0 saturated heterocycles. The SMILES string of the molecule is COc1cc(Cl)cc(CN)c1OC1CCCCC1. The molecule has 0 unspecified atom stereocenters. The Hall–Kier alpha value is -0.930. The molecule has 1 aromatic rings. The summed E-state index contributed by atoms with van der Waals surface area (Å²) in [5.41, 5.74) is 6.66. The third kappa shape index (κ3) is 3.09. The van der Waals surface area contributed by atoms with Crippen LogP contribution in [0.25, 0.3) is 0 Å². The quantitative estimate of drug-likeness (QED) is 0.910. The van der Waals surface area contributed by atoms with Crippen molar-refractivity contribution in [1.29, 1.82) is 0 Å². The number of benzene rings is 1. The largest absolute Gasteiger partial charge is 0.493 e. The molecule has 0 aromatic heterocycles. The Bertz CT molecular complexity index is 378. The Morgan fingerprint density at radius 3 is 2.61 bits per heavy atom. The Labute approximate surface area is 113 Å². The van der Waals surface area contributed by atoms with Crippen LogP contribution in [0.5, 0.6) is 11.5 Å². The lowest BCUT2D eigenvalue weighted by atomic mass is 9.97. The number of hydrogen-bond donors (Lipinski definition) is 1. The Balaban J connectivity index is 2.23. The van der Waals surface area contributed by atoms with Gasteiger partial charge in [0.25, 0.3) is 0 Å². The second-order valence-electron chi connectivity index (χ2n) is 4.68. The van der Waals surface area contributed by atoms with Crippen molar-refractivity contribution in [2.45, 2.75) is 44.8 Å². The smallest absolute Gasteiger partial charge is 0.166 e. The van der Waals surface area contributed by atoms with E-state index in [1.54, 1.807) is 13.2 Å². The molecule has 0 spiro atoms. The Morgan fingerprint density at radius 1 is 1.28 bits per heavy atom. The Morgan fingerprint density at radius 2 is 2.00 bits per heavy atom. The number of rotatable bonds is 4. The molecule has 3 nitrogen and oxygen atoms in total. The van der Waals surface area contributed by atoms with Gasteiger partial charge in [0.2, 0.25) is 0 Å². The van der Waals surface area contributed by atoms with Gasteiger partial charge in [-0.25, -0.2) is 0 Å². The van der Waals surface area contributed by atoms with Crippen LogP contribution >= 0.6 is 11.6 Å². The molecule has 2 rings (SSSR count). The molecule has 1 aliphatic carbocycles. The zero-order valence-corrected chi connectivity index (χ0v) is 11.5. The van der Waals surface area contributed by atoms with Crippen LogP contribution in [0.3, 0.4) is 0 Å². The van der Waals surface area contributed by atoms with Gasteiger partial charge in [0.05, 0.1) is 13.2 Å². The molecule has 100 valence electrons. The first-order valence-corrected chi connectivity index (χ1v) is 6.85. The van der Waals surface area contributed by atoms with Crippen LogP contribution in [0.4, 0.5) is 0 Å². The van der Waals surface area contributed by atoms with Crippen molar-refractivity contribution >= 4 is 11.6 Å². The van der Waals surface area contributed by atoms with Crippen LogP contribution in [0.1, 0.15) is 37.7 Å². The van der Waals surface area contributed by atoms with Crippen LogP contribution in [0.2, 0.25) is 5.02 Å². The average molecular weight is 270 g/mol. The zero-order chi connectivity index (χ0) is 13.0.